The van der Waals surface area contributed by atoms with E-state index in [4.69, 9.17) is 36.5 Å². The molecule has 1 atom stereocenters. The number of hydrogen-bond donors (Lipinski definition) is 3. The van der Waals surface area contributed by atoms with Gasteiger partial charge in [-0.15, -0.1) is 10.2 Å². The molecule has 1 saturated carbocycles. The van der Waals surface area contributed by atoms with E-state index >= 15 is 0 Å². The van der Waals surface area contributed by atoms with Crippen molar-refractivity contribution in [2.45, 2.75) is 83.7 Å². The predicted octanol–water partition coefficient (Wildman–Crippen LogP) is 7.04. The first kappa shape index (κ1) is 43.9. The fourth-order valence-corrected chi connectivity index (χ4v) is 8.24. The normalized spacial score (nSPS) is 17.0. The van der Waals surface area contributed by atoms with Crippen LogP contribution in [0.3, 0.4) is 0 Å². The summed E-state index contributed by atoms with van der Waals surface area (Å²) in [5.74, 6) is -0.111. The van der Waals surface area contributed by atoms with Gasteiger partial charge in [-0.25, -0.2) is 9.59 Å². The number of H-pyrrole nitrogens is 1. The number of hydrogen-bond acceptors (Lipinski definition) is 12. The molecule has 1 aliphatic carbocycles. The van der Waals surface area contributed by atoms with Crippen LogP contribution in [0, 0.1) is 0 Å². The van der Waals surface area contributed by atoms with Crippen molar-refractivity contribution in [2.75, 3.05) is 33.5 Å². The lowest BCUT2D eigenvalue weighted by molar-refractivity contribution is -0.139. The average molecular weight is 837 g/mol. The number of benzene rings is 3. The molecule has 1 aromatic heterocycles. The van der Waals surface area contributed by atoms with Crippen LogP contribution in [0.15, 0.2) is 100 Å². The molecule has 3 aliphatic rings. The lowest BCUT2D eigenvalue weighted by Gasteiger charge is -2.31. The van der Waals surface area contributed by atoms with Gasteiger partial charge in [0, 0.05) is 29.2 Å². The third-order valence-electron chi connectivity index (χ3n) is 10.9. The van der Waals surface area contributed by atoms with Gasteiger partial charge in [-0.05, 0) is 66.6 Å². The molecule has 4 aromatic rings. The number of carbonyl (C=O) groups excluding carboxylic acids is 3. The highest BCUT2D eigenvalue weighted by Gasteiger charge is 2.49. The number of allylic oxidation sites excluding steroid dienone is 1. The highest BCUT2D eigenvalue weighted by atomic mass is 35.5. The number of unbranched alkanes of at least 4 members (excludes halogenated alkanes) is 1. The van der Waals surface area contributed by atoms with E-state index in [1.165, 1.54) is 7.11 Å². The van der Waals surface area contributed by atoms with Gasteiger partial charge in [0.1, 0.15) is 11.4 Å². The summed E-state index contributed by atoms with van der Waals surface area (Å²) in [6, 6.07) is 23.5. The van der Waals surface area contributed by atoms with Crippen LogP contribution in [-0.2, 0) is 35.1 Å². The highest BCUT2D eigenvalue weighted by Crippen LogP contribution is 2.43. The zero-order chi connectivity index (χ0) is 42.6. The van der Waals surface area contributed by atoms with E-state index < -0.39 is 23.4 Å². The molecule has 7 rings (SSSR count). The number of nitrogens with one attached hydrogen (secondary N) is 2. The average Bonchev–Trinajstić information content (AvgIpc) is 4.03. The molecule has 1 unspecified atom stereocenters. The molecule has 3 aromatic carbocycles. The van der Waals surface area contributed by atoms with Crippen molar-refractivity contribution < 1.29 is 28.6 Å². The summed E-state index contributed by atoms with van der Waals surface area (Å²) in [4.78, 5) is 45.8. The Bertz CT molecular complexity index is 2230. The Hall–Kier alpha value is -5.70. The molecule has 3 heterocycles. The molecule has 0 saturated heterocycles. The number of rotatable bonds is 15. The zero-order valence-corrected chi connectivity index (χ0v) is 35.4. The van der Waals surface area contributed by atoms with Gasteiger partial charge >= 0.3 is 11.9 Å². The summed E-state index contributed by atoms with van der Waals surface area (Å²) in [7, 11) is 1.29. The summed E-state index contributed by atoms with van der Waals surface area (Å²) in [6.07, 6.45) is 7.01. The molecular formula is C45H53ClN8O6. The number of amides is 1. The summed E-state index contributed by atoms with van der Waals surface area (Å²) in [5.41, 5.74) is 11.4. The van der Waals surface area contributed by atoms with Gasteiger partial charge in [-0.1, -0.05) is 105 Å². The molecule has 1 spiro atoms. The SMILES string of the molecule is CCCCC1=NC2(CCCC2)C(=O)N1Cc1ccc(-c2ccccc2-c2nn[nH]n2)cc1.CCOC(=O)C1=C(COCCN)NC(C)=C(C(=O)OC)C1c1ccccc1Cl. The third kappa shape index (κ3) is 9.67. The van der Waals surface area contributed by atoms with Crippen LogP contribution in [0.5, 0.6) is 0 Å². The molecule has 60 heavy (non-hydrogen) atoms. The second kappa shape index (κ2) is 20.5. The van der Waals surface area contributed by atoms with E-state index in [0.29, 0.717) is 53.1 Å². The second-order valence-corrected chi connectivity index (χ2v) is 15.2. The Kier molecular flexibility index (Phi) is 15.0. The molecule has 1 amide bonds. The lowest BCUT2D eigenvalue weighted by Crippen LogP contribution is -2.40. The van der Waals surface area contributed by atoms with Crippen molar-refractivity contribution in [3.63, 3.8) is 0 Å². The Morgan fingerprint density at radius 1 is 0.967 bits per heavy atom. The number of aromatic amines is 1. The van der Waals surface area contributed by atoms with E-state index in [9.17, 15) is 14.4 Å². The second-order valence-electron chi connectivity index (χ2n) is 14.8. The molecule has 316 valence electrons. The van der Waals surface area contributed by atoms with Crippen LogP contribution in [0.2, 0.25) is 5.02 Å². The lowest BCUT2D eigenvalue weighted by atomic mass is 9.80. The molecule has 1 fully saturated rings. The maximum Gasteiger partial charge on any atom is 0.336 e. The summed E-state index contributed by atoms with van der Waals surface area (Å²) >= 11 is 6.42. The van der Waals surface area contributed by atoms with Gasteiger partial charge < -0.3 is 25.3 Å². The number of esters is 2. The highest BCUT2D eigenvalue weighted by molar-refractivity contribution is 6.31. The first-order chi connectivity index (χ1) is 29.2. The molecule has 4 N–H and O–H groups in total. The largest absolute Gasteiger partial charge is 0.466 e. The number of carbonyl (C=O) groups is 3. The van der Waals surface area contributed by atoms with Gasteiger partial charge in [0.2, 0.25) is 5.82 Å². The number of nitrogens with zero attached hydrogens (tertiary/aromatic N) is 5. The van der Waals surface area contributed by atoms with Crippen molar-refractivity contribution in [3.05, 3.63) is 111 Å². The minimum Gasteiger partial charge on any atom is -0.466 e. The van der Waals surface area contributed by atoms with Crippen molar-refractivity contribution in [1.29, 1.82) is 0 Å². The first-order valence-electron chi connectivity index (χ1n) is 20.5. The monoisotopic (exact) mass is 836 g/mol. The smallest absolute Gasteiger partial charge is 0.336 e. The molecule has 15 heteroatoms. The van der Waals surface area contributed by atoms with Crippen LogP contribution < -0.4 is 11.1 Å². The first-order valence-corrected chi connectivity index (χ1v) is 20.8. The number of nitrogens with two attached hydrogens (primary N) is 1. The summed E-state index contributed by atoms with van der Waals surface area (Å²) in [5, 5.41) is 18.0. The Labute approximate surface area is 355 Å². The predicted molar refractivity (Wildman–Crippen MR) is 229 cm³/mol. The number of methoxy groups -OCH3 is 1. The van der Waals surface area contributed by atoms with Gasteiger partial charge in [0.25, 0.3) is 5.91 Å². The van der Waals surface area contributed by atoms with Crippen LogP contribution in [0.25, 0.3) is 22.5 Å². The fourth-order valence-electron chi connectivity index (χ4n) is 7.99. The Morgan fingerprint density at radius 2 is 1.68 bits per heavy atom. The van der Waals surface area contributed by atoms with E-state index in [1.807, 2.05) is 23.1 Å². The van der Waals surface area contributed by atoms with E-state index in [1.54, 1.807) is 38.1 Å². The van der Waals surface area contributed by atoms with Crippen molar-refractivity contribution in [3.8, 4) is 22.5 Å². The molecule has 14 nitrogen and oxygen atoms in total. The van der Waals surface area contributed by atoms with Crippen LogP contribution in [0.1, 0.15) is 82.8 Å². The van der Waals surface area contributed by atoms with Crippen LogP contribution >= 0.6 is 11.6 Å². The van der Waals surface area contributed by atoms with Crippen molar-refractivity contribution >= 4 is 35.3 Å². The maximum atomic E-state index is 13.4. The topological polar surface area (TPSA) is 187 Å². The zero-order valence-electron chi connectivity index (χ0n) is 34.6. The number of halogens is 1. The van der Waals surface area contributed by atoms with Gasteiger partial charge in [-0.3, -0.25) is 14.7 Å². The summed E-state index contributed by atoms with van der Waals surface area (Å²) < 4.78 is 15.8. The fraction of sp³-hybridized carbons (Fsp3) is 0.400. The van der Waals surface area contributed by atoms with Crippen molar-refractivity contribution in [1.82, 2.24) is 30.8 Å². The van der Waals surface area contributed by atoms with Gasteiger partial charge in [-0.2, -0.15) is 5.21 Å². The van der Waals surface area contributed by atoms with E-state index in [2.05, 4.69) is 63.2 Å². The van der Waals surface area contributed by atoms with Gasteiger partial charge in [0.15, 0.2) is 0 Å². The number of ether oxygens (including phenoxy) is 3. The number of amidine groups is 1. The maximum absolute atomic E-state index is 13.4. The molecule has 0 radical (unpaired) electrons. The van der Waals surface area contributed by atoms with E-state index in [-0.39, 0.29) is 24.7 Å². The van der Waals surface area contributed by atoms with Gasteiger partial charge in [0.05, 0.1) is 56.2 Å². The number of tetrazole rings is 1. The van der Waals surface area contributed by atoms with Crippen LogP contribution in [0.4, 0.5) is 0 Å². The Balaban J connectivity index is 0.000000204. The minimum absolute atomic E-state index is 0.109. The molecule has 2 aliphatic heterocycles. The third-order valence-corrected chi connectivity index (χ3v) is 11.2. The molecular weight excluding hydrogens is 784 g/mol. The van der Waals surface area contributed by atoms with Crippen LogP contribution in [-0.4, -0.2) is 88.2 Å². The molecule has 0 bridgehead atoms. The standard InChI is InChI=1S/C25H28N6O.C20H25ClN2O5/c1-2-3-10-22-26-25(15-6-7-16-25)24(32)31(22)17-18-11-13-19(14-12-18)20-8-4-5-9-21(20)23-27-29-30-28-23;1-4-28-20(25)18-15(11-27-10-9-22)23-12(2)16(19(24)26-3)17(18)13-7-5-6-8-14(13)21/h4-5,8-9,11-14H,2-3,6-7,10,15-17H2,1H3,(H,27,28,29,30);5-8,17,23H,4,9-11,22H2,1-3H3. The number of dihydropyridines is 1. The van der Waals surface area contributed by atoms with Crippen molar-refractivity contribution in [2.24, 2.45) is 10.7 Å². The van der Waals surface area contributed by atoms with E-state index in [0.717, 1.165) is 73.0 Å². The summed E-state index contributed by atoms with van der Waals surface area (Å²) in [6.45, 7) is 7.17. The quantitative estimate of drug-likeness (QED) is 0.0823. The number of aliphatic imine (C=N–C) groups is 1. The Morgan fingerprint density at radius 3 is 2.33 bits per heavy atom. The minimum atomic E-state index is -0.752. The number of aromatic nitrogens is 4.